The second-order valence-electron chi connectivity index (χ2n) is 6.79. The maximum absolute atomic E-state index is 12.8. The SMILES string of the molecule is NC(=O)c1c(OC(=O)C2=CCCC2)ccc(NS(=O)O)c1Nc1ccc(C(F)(F)F)cc1. The Morgan fingerprint density at radius 3 is 2.34 bits per heavy atom. The highest BCUT2D eigenvalue weighted by Crippen LogP contribution is 2.37. The fourth-order valence-corrected chi connectivity index (χ4v) is 3.49. The van der Waals surface area contributed by atoms with Crippen molar-refractivity contribution in [2.75, 3.05) is 10.0 Å². The lowest BCUT2D eigenvalue weighted by molar-refractivity contribution is -0.137. The van der Waals surface area contributed by atoms with Gasteiger partial charge in [-0.1, -0.05) is 6.08 Å². The first-order chi connectivity index (χ1) is 15.1. The topological polar surface area (TPSA) is 131 Å². The Kier molecular flexibility index (Phi) is 6.84. The van der Waals surface area contributed by atoms with Crippen molar-refractivity contribution in [2.24, 2.45) is 5.73 Å². The van der Waals surface area contributed by atoms with E-state index in [1.54, 1.807) is 6.08 Å². The van der Waals surface area contributed by atoms with E-state index < -0.39 is 34.9 Å². The smallest absolute Gasteiger partial charge is 0.416 e. The van der Waals surface area contributed by atoms with E-state index in [-0.39, 0.29) is 28.4 Å². The first kappa shape index (κ1) is 23.3. The second kappa shape index (κ2) is 9.40. The van der Waals surface area contributed by atoms with Crippen LogP contribution in [0, 0.1) is 0 Å². The number of halogens is 3. The van der Waals surface area contributed by atoms with Gasteiger partial charge in [0.25, 0.3) is 17.2 Å². The standard InChI is InChI=1S/C20H18F3N3O5S/c21-20(22,23)12-5-7-13(8-6-12)25-17-14(26-32(29)30)9-10-15(16(17)18(24)27)31-19(28)11-3-1-2-4-11/h3,5-10,25-26H,1-2,4H2,(H2,24,27)(H,29,30). The van der Waals surface area contributed by atoms with E-state index in [1.165, 1.54) is 12.1 Å². The van der Waals surface area contributed by atoms with Crippen LogP contribution in [0.25, 0.3) is 0 Å². The van der Waals surface area contributed by atoms with Crippen LogP contribution in [0.2, 0.25) is 0 Å². The summed E-state index contributed by atoms with van der Waals surface area (Å²) < 4.78 is 66.5. The summed E-state index contributed by atoms with van der Waals surface area (Å²) in [5.41, 5.74) is 4.61. The monoisotopic (exact) mass is 469 g/mol. The summed E-state index contributed by atoms with van der Waals surface area (Å²) in [7, 11) is 0. The summed E-state index contributed by atoms with van der Waals surface area (Å²) in [6, 6.07) is 6.34. The van der Waals surface area contributed by atoms with Crippen molar-refractivity contribution in [1.29, 1.82) is 0 Å². The number of esters is 1. The third-order valence-corrected chi connectivity index (χ3v) is 4.99. The fraction of sp³-hybridized carbons (Fsp3) is 0.200. The molecule has 0 fully saturated rings. The van der Waals surface area contributed by atoms with Crippen molar-refractivity contribution >= 4 is 40.2 Å². The van der Waals surface area contributed by atoms with Crippen LogP contribution in [0.15, 0.2) is 48.0 Å². The van der Waals surface area contributed by atoms with Gasteiger partial charge in [-0.3, -0.25) is 14.1 Å². The molecule has 1 amide bonds. The van der Waals surface area contributed by atoms with Gasteiger partial charge in [0.05, 0.1) is 16.9 Å². The Hall–Kier alpha value is -3.38. The minimum Gasteiger partial charge on any atom is -0.422 e. The van der Waals surface area contributed by atoms with E-state index in [4.69, 9.17) is 10.5 Å². The zero-order chi connectivity index (χ0) is 23.5. The predicted octanol–water partition coefficient (Wildman–Crippen LogP) is 4.11. The number of anilines is 3. The largest absolute Gasteiger partial charge is 0.422 e. The van der Waals surface area contributed by atoms with Crippen LogP contribution in [0.1, 0.15) is 35.2 Å². The van der Waals surface area contributed by atoms with Gasteiger partial charge in [0.2, 0.25) is 0 Å². The maximum atomic E-state index is 12.8. The number of nitrogens with two attached hydrogens (primary N) is 1. The van der Waals surface area contributed by atoms with Gasteiger partial charge in [-0.2, -0.15) is 13.2 Å². The Balaban J connectivity index is 2.03. The van der Waals surface area contributed by atoms with Gasteiger partial charge >= 0.3 is 12.1 Å². The molecule has 170 valence electrons. The molecule has 0 heterocycles. The number of alkyl halides is 3. The molecule has 12 heteroatoms. The number of allylic oxidation sites excluding steroid dienone is 1. The van der Waals surface area contributed by atoms with Gasteiger partial charge in [0.15, 0.2) is 0 Å². The van der Waals surface area contributed by atoms with Gasteiger partial charge in [-0.15, -0.1) is 0 Å². The molecule has 8 nitrogen and oxygen atoms in total. The lowest BCUT2D eigenvalue weighted by Gasteiger charge is -2.18. The van der Waals surface area contributed by atoms with E-state index >= 15 is 0 Å². The molecule has 3 rings (SSSR count). The highest BCUT2D eigenvalue weighted by Gasteiger charge is 2.30. The molecule has 0 aliphatic heterocycles. The van der Waals surface area contributed by atoms with Crippen molar-refractivity contribution in [3.63, 3.8) is 0 Å². The summed E-state index contributed by atoms with van der Waals surface area (Å²) >= 11 is -2.55. The Bertz CT molecular complexity index is 1100. The predicted molar refractivity (Wildman–Crippen MR) is 112 cm³/mol. The molecule has 5 N–H and O–H groups in total. The molecule has 1 aliphatic rings. The van der Waals surface area contributed by atoms with Crippen molar-refractivity contribution in [3.05, 3.63) is 59.2 Å². The molecule has 1 aliphatic carbocycles. The van der Waals surface area contributed by atoms with Crippen LogP contribution >= 0.6 is 0 Å². The van der Waals surface area contributed by atoms with Crippen molar-refractivity contribution < 1.29 is 36.3 Å². The number of carbonyl (C=O) groups excluding carboxylic acids is 2. The molecule has 0 radical (unpaired) electrons. The Morgan fingerprint density at radius 2 is 1.81 bits per heavy atom. The highest BCUT2D eigenvalue weighted by atomic mass is 32.2. The van der Waals surface area contributed by atoms with Gasteiger partial charge in [0.1, 0.15) is 11.3 Å². The number of hydrogen-bond donors (Lipinski definition) is 4. The lowest BCUT2D eigenvalue weighted by atomic mass is 10.1. The highest BCUT2D eigenvalue weighted by molar-refractivity contribution is 7.80. The lowest BCUT2D eigenvalue weighted by Crippen LogP contribution is -2.19. The molecule has 32 heavy (non-hydrogen) atoms. The van der Waals surface area contributed by atoms with Crippen LogP contribution in [-0.4, -0.2) is 20.6 Å². The van der Waals surface area contributed by atoms with Gasteiger partial charge in [-0.05, 0) is 55.7 Å². The maximum Gasteiger partial charge on any atom is 0.416 e. The Morgan fingerprint density at radius 1 is 1.12 bits per heavy atom. The quantitative estimate of drug-likeness (QED) is 0.274. The molecule has 2 aromatic rings. The number of nitrogens with one attached hydrogen (secondary N) is 2. The first-order valence-corrected chi connectivity index (χ1v) is 10.4. The molecule has 0 bridgehead atoms. The summed E-state index contributed by atoms with van der Waals surface area (Å²) in [4.78, 5) is 24.6. The average Bonchev–Trinajstić information content (AvgIpc) is 3.24. The van der Waals surface area contributed by atoms with Gasteiger partial charge < -0.3 is 15.8 Å². The molecule has 0 saturated carbocycles. The van der Waals surface area contributed by atoms with Crippen LogP contribution in [0.5, 0.6) is 5.75 Å². The van der Waals surface area contributed by atoms with Crippen molar-refractivity contribution in [3.8, 4) is 5.75 Å². The number of rotatable bonds is 7. The van der Waals surface area contributed by atoms with Gasteiger partial charge in [0, 0.05) is 11.3 Å². The summed E-state index contributed by atoms with van der Waals surface area (Å²) in [5, 5.41) is 2.71. The molecular formula is C20H18F3N3O5S. The third-order valence-electron chi connectivity index (χ3n) is 4.60. The zero-order valence-corrected chi connectivity index (χ0v) is 17.2. The van der Waals surface area contributed by atoms with E-state index in [9.17, 15) is 31.5 Å². The minimum atomic E-state index is -4.54. The summed E-state index contributed by atoms with van der Waals surface area (Å²) in [6.07, 6.45) is -0.790. The van der Waals surface area contributed by atoms with E-state index in [0.29, 0.717) is 12.0 Å². The van der Waals surface area contributed by atoms with E-state index in [1.807, 2.05) is 0 Å². The minimum absolute atomic E-state index is 0.0700. The van der Waals surface area contributed by atoms with E-state index in [0.717, 1.165) is 37.1 Å². The first-order valence-electron chi connectivity index (χ1n) is 9.26. The molecule has 1 unspecified atom stereocenters. The van der Waals surface area contributed by atoms with Crippen LogP contribution in [0.4, 0.5) is 30.2 Å². The molecule has 0 saturated heterocycles. The van der Waals surface area contributed by atoms with E-state index in [2.05, 4.69) is 10.0 Å². The fourth-order valence-electron chi connectivity index (χ4n) is 3.13. The molecule has 0 aromatic heterocycles. The number of amides is 1. The van der Waals surface area contributed by atoms with Crippen LogP contribution in [-0.2, 0) is 22.2 Å². The number of hydrogen-bond acceptors (Lipinski definition) is 5. The number of benzene rings is 2. The summed E-state index contributed by atoms with van der Waals surface area (Å²) in [6.45, 7) is 0. The normalized spacial score (nSPS) is 14.4. The third kappa shape index (κ3) is 5.45. The second-order valence-corrected chi connectivity index (χ2v) is 7.49. The molecule has 1 atom stereocenters. The van der Waals surface area contributed by atoms with Crippen LogP contribution < -0.4 is 20.5 Å². The average molecular weight is 469 g/mol. The Labute approximate surface area is 183 Å². The number of ether oxygens (including phenoxy) is 1. The van der Waals surface area contributed by atoms with Crippen LogP contribution in [0.3, 0.4) is 0 Å². The summed E-state index contributed by atoms with van der Waals surface area (Å²) in [5.74, 6) is -1.91. The van der Waals surface area contributed by atoms with Crippen molar-refractivity contribution in [1.82, 2.24) is 0 Å². The van der Waals surface area contributed by atoms with Gasteiger partial charge in [-0.25, -0.2) is 9.00 Å². The molecule has 2 aromatic carbocycles. The number of primary amides is 1. The molecular weight excluding hydrogens is 451 g/mol. The molecule has 0 spiro atoms. The zero-order valence-electron chi connectivity index (χ0n) is 16.4. The number of carbonyl (C=O) groups is 2. The van der Waals surface area contributed by atoms with Crippen molar-refractivity contribution in [2.45, 2.75) is 25.4 Å².